The number of ether oxygens (including phenoxy) is 2. The number of esters is 2. The van der Waals surface area contributed by atoms with E-state index in [1.807, 2.05) is 6.92 Å². The Bertz CT molecular complexity index is 436. The molecule has 0 aromatic carbocycles. The topological polar surface area (TPSA) is 52.6 Å². The van der Waals surface area contributed by atoms with E-state index in [1.165, 1.54) is 0 Å². The van der Waals surface area contributed by atoms with Crippen molar-refractivity contribution in [3.8, 4) is 0 Å². The van der Waals surface area contributed by atoms with Crippen LogP contribution in [-0.4, -0.2) is 32.0 Å². The molecule has 3 aliphatic rings. The monoisotopic (exact) mass is 490 g/mol. The van der Waals surface area contributed by atoms with Crippen molar-refractivity contribution in [1.82, 2.24) is 0 Å². The molecule has 1 aliphatic heterocycles. The molecule has 4 nitrogen and oxygen atoms in total. The van der Waals surface area contributed by atoms with Crippen molar-refractivity contribution in [2.75, 3.05) is 4.43 Å². The van der Waals surface area contributed by atoms with E-state index in [2.05, 4.69) is 52.1 Å². The van der Waals surface area contributed by atoms with Crippen molar-refractivity contribution in [1.29, 1.82) is 0 Å². The van der Waals surface area contributed by atoms with Crippen LogP contribution >= 0.6 is 45.2 Å². The number of hydrogen-bond acceptors (Lipinski definition) is 4. The van der Waals surface area contributed by atoms with E-state index in [1.54, 1.807) is 0 Å². The van der Waals surface area contributed by atoms with Gasteiger partial charge in [-0.2, -0.15) is 0 Å². The van der Waals surface area contributed by atoms with Gasteiger partial charge in [-0.15, -0.1) is 0 Å². The third kappa shape index (κ3) is 2.03. The summed E-state index contributed by atoms with van der Waals surface area (Å²) in [6.45, 7) is 3.96. The Morgan fingerprint density at radius 1 is 1.53 bits per heavy atom. The molecule has 7 atom stereocenters. The van der Waals surface area contributed by atoms with E-state index in [0.29, 0.717) is 4.43 Å². The molecule has 2 saturated carbocycles. The first kappa shape index (κ1) is 14.3. The summed E-state index contributed by atoms with van der Waals surface area (Å²) >= 11 is 4.32. The maximum absolute atomic E-state index is 12.2. The summed E-state index contributed by atoms with van der Waals surface area (Å²) in [6, 6.07) is 0. The molecule has 3 fully saturated rings. The van der Waals surface area contributed by atoms with E-state index >= 15 is 0 Å². The van der Waals surface area contributed by atoms with Gasteiger partial charge in [0.25, 0.3) is 0 Å². The number of halogens is 2. The fraction of sp³-hybridized carbons (Fsp3) is 0.846. The van der Waals surface area contributed by atoms with Crippen LogP contribution in [0.5, 0.6) is 0 Å². The highest BCUT2D eigenvalue weighted by molar-refractivity contribution is 14.1. The molecule has 106 valence electrons. The Labute approximate surface area is 139 Å². The average Bonchev–Trinajstić information content (AvgIpc) is 2.93. The highest BCUT2D eigenvalue weighted by Gasteiger charge is 2.66. The zero-order chi connectivity index (χ0) is 13.9. The van der Waals surface area contributed by atoms with Gasteiger partial charge < -0.3 is 9.47 Å². The number of alkyl halides is 2. The van der Waals surface area contributed by atoms with Crippen LogP contribution in [0.15, 0.2) is 0 Å². The van der Waals surface area contributed by atoms with Gasteiger partial charge in [-0.1, -0.05) is 52.1 Å². The smallest absolute Gasteiger partial charge is 0.322 e. The molecule has 3 rings (SSSR count). The van der Waals surface area contributed by atoms with Crippen molar-refractivity contribution in [2.45, 2.75) is 35.9 Å². The van der Waals surface area contributed by atoms with Crippen LogP contribution in [0.2, 0.25) is 0 Å². The quantitative estimate of drug-likeness (QED) is 0.347. The van der Waals surface area contributed by atoms with Gasteiger partial charge in [0.15, 0.2) is 0 Å². The molecule has 0 spiro atoms. The number of carbonyl (C=O) groups is 2. The van der Waals surface area contributed by atoms with E-state index < -0.39 is 3.42 Å². The largest absolute Gasteiger partial charge is 0.458 e. The minimum atomic E-state index is -0.509. The number of carbonyl (C=O) groups excluding carboxylic acids is 2. The third-order valence-electron chi connectivity index (χ3n) is 4.86. The second-order valence-electron chi connectivity index (χ2n) is 6.05. The van der Waals surface area contributed by atoms with E-state index in [4.69, 9.17) is 9.47 Å². The lowest BCUT2D eigenvalue weighted by atomic mass is 9.80. The first-order valence-corrected chi connectivity index (χ1v) is 9.13. The van der Waals surface area contributed by atoms with Crippen LogP contribution in [0.1, 0.15) is 20.3 Å². The standard InChI is InChI=1S/C13H16I2O4/c1-5-6-3-7-8(5)11(16)18-10(7)9(6)19-12(17)13(2,15)4-14/h5-10H,3-4H2,1-2H3. The molecule has 1 heterocycles. The van der Waals surface area contributed by atoms with Gasteiger partial charge in [0.05, 0.1) is 5.92 Å². The fourth-order valence-corrected chi connectivity index (χ4v) is 4.24. The van der Waals surface area contributed by atoms with Gasteiger partial charge >= 0.3 is 11.9 Å². The molecule has 2 aliphatic carbocycles. The summed E-state index contributed by atoms with van der Waals surface area (Å²) in [4.78, 5) is 24.0. The first-order valence-electron chi connectivity index (χ1n) is 6.53. The van der Waals surface area contributed by atoms with E-state index in [0.717, 1.165) is 6.42 Å². The predicted octanol–water partition coefficient (Wildman–Crippen LogP) is 2.35. The van der Waals surface area contributed by atoms with Crippen LogP contribution in [0.3, 0.4) is 0 Å². The van der Waals surface area contributed by atoms with Crippen molar-refractivity contribution in [3.05, 3.63) is 0 Å². The predicted molar refractivity (Wildman–Crippen MR) is 85.3 cm³/mol. The maximum atomic E-state index is 12.2. The van der Waals surface area contributed by atoms with Crippen molar-refractivity contribution < 1.29 is 19.1 Å². The number of rotatable bonds is 3. The molecule has 2 bridgehead atoms. The van der Waals surface area contributed by atoms with Crippen LogP contribution in [-0.2, 0) is 19.1 Å². The lowest BCUT2D eigenvalue weighted by Gasteiger charge is -2.31. The van der Waals surface area contributed by atoms with Crippen LogP contribution in [0, 0.1) is 23.7 Å². The summed E-state index contributed by atoms with van der Waals surface area (Å²) < 4.78 is 11.4. The van der Waals surface area contributed by atoms with Crippen molar-refractivity contribution in [3.63, 3.8) is 0 Å². The van der Waals surface area contributed by atoms with Crippen LogP contribution in [0.4, 0.5) is 0 Å². The molecule has 0 aromatic heterocycles. The Morgan fingerprint density at radius 2 is 2.21 bits per heavy atom. The molecular formula is C13H16I2O4. The maximum Gasteiger partial charge on any atom is 0.322 e. The SMILES string of the molecule is CC1C2CC3C(OC(=O)C13)C2OC(=O)C(C)(I)CI. The van der Waals surface area contributed by atoms with Crippen molar-refractivity contribution in [2.24, 2.45) is 23.7 Å². The molecular weight excluding hydrogens is 474 g/mol. The van der Waals surface area contributed by atoms with Gasteiger partial charge in [0, 0.05) is 16.3 Å². The normalized spacial score (nSPS) is 46.0. The Balaban J connectivity index is 1.78. The van der Waals surface area contributed by atoms with Crippen molar-refractivity contribution >= 4 is 57.1 Å². The van der Waals surface area contributed by atoms with Gasteiger partial charge in [0.2, 0.25) is 0 Å². The van der Waals surface area contributed by atoms with Crippen LogP contribution < -0.4 is 0 Å². The average molecular weight is 490 g/mol. The van der Waals surface area contributed by atoms with E-state index in [-0.39, 0.29) is 47.8 Å². The van der Waals surface area contributed by atoms with Gasteiger partial charge in [0.1, 0.15) is 15.6 Å². The summed E-state index contributed by atoms with van der Waals surface area (Å²) in [5, 5.41) is 0. The number of fused-ring (bicyclic) bond motifs is 1. The molecule has 0 radical (unpaired) electrons. The summed E-state index contributed by atoms with van der Waals surface area (Å²) in [5.41, 5.74) is 0. The molecule has 0 aromatic rings. The molecule has 0 N–H and O–H groups in total. The first-order chi connectivity index (χ1) is 8.86. The lowest BCUT2D eigenvalue weighted by molar-refractivity contribution is -0.163. The van der Waals surface area contributed by atoms with E-state index in [9.17, 15) is 9.59 Å². The Morgan fingerprint density at radius 3 is 2.84 bits per heavy atom. The second-order valence-corrected chi connectivity index (χ2v) is 9.19. The molecule has 19 heavy (non-hydrogen) atoms. The van der Waals surface area contributed by atoms with Gasteiger partial charge in [-0.25, -0.2) is 0 Å². The summed E-state index contributed by atoms with van der Waals surface area (Å²) in [5.74, 6) is 0.596. The molecule has 7 unspecified atom stereocenters. The Hall–Kier alpha value is 0.400. The highest BCUT2D eigenvalue weighted by Crippen LogP contribution is 2.58. The molecule has 1 saturated heterocycles. The minimum Gasteiger partial charge on any atom is -0.458 e. The zero-order valence-electron chi connectivity index (χ0n) is 10.8. The Kier molecular flexibility index (Phi) is 3.55. The third-order valence-corrected chi connectivity index (χ3v) is 8.67. The summed E-state index contributed by atoms with van der Waals surface area (Å²) in [7, 11) is 0. The molecule has 0 amide bonds. The summed E-state index contributed by atoms with van der Waals surface area (Å²) in [6.07, 6.45) is 0.541. The van der Waals surface area contributed by atoms with Gasteiger partial charge in [-0.3, -0.25) is 9.59 Å². The highest BCUT2D eigenvalue weighted by atomic mass is 127. The molecule has 6 heteroatoms. The lowest BCUT2D eigenvalue weighted by Crippen LogP contribution is -2.43. The minimum absolute atomic E-state index is 0.0421. The second kappa shape index (κ2) is 4.71. The van der Waals surface area contributed by atoms with Gasteiger partial charge in [-0.05, 0) is 19.3 Å². The number of hydrogen-bond donors (Lipinski definition) is 0. The van der Waals surface area contributed by atoms with Crippen LogP contribution in [0.25, 0.3) is 0 Å². The fourth-order valence-electron chi connectivity index (χ4n) is 3.80. The zero-order valence-corrected chi connectivity index (χ0v) is 15.1.